The highest BCUT2D eigenvalue weighted by Gasteiger charge is 2.18. The first-order valence-corrected chi connectivity index (χ1v) is 11.6. The lowest BCUT2D eigenvalue weighted by atomic mass is 10.1. The van der Waals surface area contributed by atoms with Crippen molar-refractivity contribution in [2.45, 2.75) is 0 Å². The third-order valence-electron chi connectivity index (χ3n) is 5.77. The number of anilines is 2. The Hall–Kier alpha value is -4.26. The van der Waals surface area contributed by atoms with Crippen LogP contribution < -0.4 is 10.6 Å². The van der Waals surface area contributed by atoms with Crippen molar-refractivity contribution in [1.29, 1.82) is 0 Å². The number of aromatic hydroxyl groups is 2. The van der Waals surface area contributed by atoms with Crippen molar-refractivity contribution in [3.05, 3.63) is 106 Å². The number of hydrogen-bond acceptors (Lipinski definition) is 4. The van der Waals surface area contributed by atoms with E-state index in [0.29, 0.717) is 0 Å². The Morgan fingerprint density at radius 1 is 0.556 bits per heavy atom. The number of hydrogen-bond donors (Lipinski definition) is 4. The standard InChI is InChI=1S/C28H18Cl2N2O4/c29-21-14-24(32-28(36)20-10-16-6-2-4-8-18(16)12-26(20)34)22(30)13-23(21)31-27(35)19-9-15-5-1-3-7-17(15)11-25(19)33/h1-14,33-34H,(H,31,35)(H,32,36). The summed E-state index contributed by atoms with van der Waals surface area (Å²) in [5.41, 5.74) is 0.548. The zero-order valence-electron chi connectivity index (χ0n) is 18.5. The van der Waals surface area contributed by atoms with E-state index >= 15 is 0 Å². The van der Waals surface area contributed by atoms with Crippen molar-refractivity contribution in [3.63, 3.8) is 0 Å². The third-order valence-corrected chi connectivity index (χ3v) is 6.40. The Kier molecular flexibility index (Phi) is 6.14. The average molecular weight is 517 g/mol. The van der Waals surface area contributed by atoms with Crippen LogP contribution in [0.25, 0.3) is 21.5 Å². The van der Waals surface area contributed by atoms with E-state index in [4.69, 9.17) is 23.2 Å². The number of phenolic OH excluding ortho intramolecular Hbond substituents is 2. The number of carbonyl (C=O) groups excluding carboxylic acids is 2. The van der Waals surface area contributed by atoms with Gasteiger partial charge in [0.1, 0.15) is 11.5 Å². The number of nitrogens with one attached hydrogen (secondary N) is 2. The van der Waals surface area contributed by atoms with E-state index in [9.17, 15) is 19.8 Å². The van der Waals surface area contributed by atoms with Gasteiger partial charge in [0.15, 0.2) is 0 Å². The second-order valence-electron chi connectivity index (χ2n) is 8.15. The molecule has 0 aliphatic heterocycles. The van der Waals surface area contributed by atoms with E-state index < -0.39 is 11.8 Å². The van der Waals surface area contributed by atoms with Gasteiger partial charge in [-0.15, -0.1) is 0 Å². The Morgan fingerprint density at radius 3 is 1.25 bits per heavy atom. The number of amides is 2. The van der Waals surface area contributed by atoms with Crippen LogP contribution in [-0.2, 0) is 0 Å². The zero-order valence-corrected chi connectivity index (χ0v) is 20.1. The molecule has 6 nitrogen and oxygen atoms in total. The van der Waals surface area contributed by atoms with E-state index in [0.717, 1.165) is 21.5 Å². The van der Waals surface area contributed by atoms with Crippen LogP contribution in [0.1, 0.15) is 20.7 Å². The number of fused-ring (bicyclic) bond motifs is 2. The first-order valence-electron chi connectivity index (χ1n) is 10.9. The highest BCUT2D eigenvalue weighted by molar-refractivity contribution is 6.38. The first kappa shape index (κ1) is 23.5. The molecule has 2 amide bonds. The minimum atomic E-state index is -0.575. The monoisotopic (exact) mass is 516 g/mol. The Bertz CT molecular complexity index is 1560. The van der Waals surface area contributed by atoms with Crippen molar-refractivity contribution >= 4 is 67.9 Å². The molecule has 5 rings (SSSR count). The number of benzene rings is 5. The fourth-order valence-corrected chi connectivity index (χ4v) is 4.36. The minimum absolute atomic E-state index is 0.0741. The molecular weight excluding hydrogens is 499 g/mol. The largest absolute Gasteiger partial charge is 0.507 e. The lowest BCUT2D eigenvalue weighted by molar-refractivity contribution is 0.101. The van der Waals surface area contributed by atoms with E-state index in [2.05, 4.69) is 10.6 Å². The highest BCUT2D eigenvalue weighted by Crippen LogP contribution is 2.35. The van der Waals surface area contributed by atoms with Crippen LogP contribution in [0.5, 0.6) is 11.5 Å². The summed E-state index contributed by atoms with van der Waals surface area (Å²) in [5.74, 6) is -1.50. The summed E-state index contributed by atoms with van der Waals surface area (Å²) in [4.78, 5) is 25.7. The van der Waals surface area contributed by atoms with Crippen molar-refractivity contribution in [1.82, 2.24) is 0 Å². The molecule has 5 aromatic carbocycles. The summed E-state index contributed by atoms with van der Waals surface area (Å²) in [6, 6.07) is 23.7. The molecule has 0 bridgehead atoms. The summed E-state index contributed by atoms with van der Waals surface area (Å²) in [5, 5.41) is 29.4. The first-order chi connectivity index (χ1) is 17.3. The molecule has 0 heterocycles. The van der Waals surface area contributed by atoms with Crippen LogP contribution in [0.4, 0.5) is 11.4 Å². The molecule has 0 aromatic heterocycles. The van der Waals surface area contributed by atoms with Gasteiger partial charge in [0, 0.05) is 0 Å². The zero-order chi connectivity index (χ0) is 25.4. The number of phenols is 2. The lowest BCUT2D eigenvalue weighted by Gasteiger charge is -2.14. The second-order valence-corrected chi connectivity index (χ2v) is 8.97. The predicted octanol–water partition coefficient (Wildman–Crippen LogP) is 7.22. The lowest BCUT2D eigenvalue weighted by Crippen LogP contribution is -2.14. The van der Waals surface area contributed by atoms with Gasteiger partial charge in [-0.1, -0.05) is 71.7 Å². The van der Waals surface area contributed by atoms with Gasteiger partial charge in [0.2, 0.25) is 0 Å². The number of halogens is 2. The van der Waals surface area contributed by atoms with E-state index in [1.165, 1.54) is 24.3 Å². The molecular formula is C28H18Cl2N2O4. The summed E-state index contributed by atoms with van der Waals surface area (Å²) in [6.07, 6.45) is 0. The van der Waals surface area contributed by atoms with Crippen LogP contribution >= 0.6 is 23.2 Å². The smallest absolute Gasteiger partial charge is 0.259 e. The summed E-state index contributed by atoms with van der Waals surface area (Å²) in [6.45, 7) is 0. The van der Waals surface area contributed by atoms with Crippen LogP contribution in [0, 0.1) is 0 Å². The molecule has 0 atom stereocenters. The number of rotatable bonds is 4. The summed E-state index contributed by atoms with van der Waals surface area (Å²) < 4.78 is 0. The Labute approximate surface area is 215 Å². The van der Waals surface area contributed by atoms with Gasteiger partial charge < -0.3 is 20.8 Å². The quantitative estimate of drug-likeness (QED) is 0.202. The van der Waals surface area contributed by atoms with Gasteiger partial charge in [-0.05, 0) is 57.9 Å². The van der Waals surface area contributed by atoms with Crippen LogP contribution in [0.3, 0.4) is 0 Å². The molecule has 0 aliphatic carbocycles. The molecule has 0 radical (unpaired) electrons. The average Bonchev–Trinajstić information content (AvgIpc) is 2.86. The van der Waals surface area contributed by atoms with E-state index in [1.807, 2.05) is 48.5 Å². The molecule has 178 valence electrons. The van der Waals surface area contributed by atoms with Crippen molar-refractivity contribution in [3.8, 4) is 11.5 Å². The number of carbonyl (C=O) groups is 2. The molecule has 5 aromatic rings. The molecule has 0 saturated heterocycles. The van der Waals surface area contributed by atoms with Gasteiger partial charge in [0.05, 0.1) is 32.5 Å². The third kappa shape index (κ3) is 4.52. The summed E-state index contributed by atoms with van der Waals surface area (Å²) >= 11 is 12.7. The predicted molar refractivity (Wildman–Crippen MR) is 144 cm³/mol. The van der Waals surface area contributed by atoms with Crippen molar-refractivity contribution in [2.75, 3.05) is 10.6 Å². The molecule has 4 N–H and O–H groups in total. The Balaban J connectivity index is 1.38. The normalized spacial score (nSPS) is 10.9. The van der Waals surface area contributed by atoms with Crippen molar-refractivity contribution < 1.29 is 19.8 Å². The van der Waals surface area contributed by atoms with Gasteiger partial charge in [0.25, 0.3) is 11.8 Å². The van der Waals surface area contributed by atoms with Crippen LogP contribution in [0.2, 0.25) is 10.0 Å². The summed E-state index contributed by atoms with van der Waals surface area (Å²) in [7, 11) is 0. The van der Waals surface area contributed by atoms with Crippen LogP contribution in [-0.4, -0.2) is 22.0 Å². The van der Waals surface area contributed by atoms with E-state index in [-0.39, 0.29) is 44.0 Å². The fourth-order valence-electron chi connectivity index (χ4n) is 3.94. The SMILES string of the molecule is O=C(Nc1cc(Cl)c(NC(=O)c2cc3ccccc3cc2O)cc1Cl)c1cc2ccccc2cc1O. The second kappa shape index (κ2) is 9.41. The maximum absolute atomic E-state index is 12.9. The van der Waals surface area contributed by atoms with Gasteiger partial charge in [-0.2, -0.15) is 0 Å². The minimum Gasteiger partial charge on any atom is -0.507 e. The topological polar surface area (TPSA) is 98.7 Å². The van der Waals surface area contributed by atoms with Crippen LogP contribution in [0.15, 0.2) is 84.9 Å². The van der Waals surface area contributed by atoms with Gasteiger partial charge in [-0.3, -0.25) is 9.59 Å². The van der Waals surface area contributed by atoms with Gasteiger partial charge in [-0.25, -0.2) is 0 Å². The molecule has 0 fully saturated rings. The molecule has 8 heteroatoms. The molecule has 0 aliphatic rings. The fraction of sp³-hybridized carbons (Fsp3) is 0. The van der Waals surface area contributed by atoms with Gasteiger partial charge >= 0.3 is 0 Å². The molecule has 0 saturated carbocycles. The maximum atomic E-state index is 12.9. The maximum Gasteiger partial charge on any atom is 0.259 e. The van der Waals surface area contributed by atoms with E-state index in [1.54, 1.807) is 12.1 Å². The molecule has 0 unspecified atom stereocenters. The molecule has 36 heavy (non-hydrogen) atoms. The van der Waals surface area contributed by atoms with Crippen molar-refractivity contribution in [2.24, 2.45) is 0 Å². The Morgan fingerprint density at radius 2 is 0.889 bits per heavy atom. The molecule has 0 spiro atoms. The highest BCUT2D eigenvalue weighted by atomic mass is 35.5.